The second-order valence-electron chi connectivity index (χ2n) is 6.07. The molecule has 2 atom stereocenters. The normalized spacial score (nSPS) is 29.0. The van der Waals surface area contributed by atoms with Crippen molar-refractivity contribution < 1.29 is 8.42 Å². The Labute approximate surface area is 88.6 Å². The fourth-order valence-electron chi connectivity index (χ4n) is 1.45. The summed E-state index contributed by atoms with van der Waals surface area (Å²) in [6.07, 6.45) is 0. The topological polar surface area (TPSA) is 37.1 Å². The van der Waals surface area contributed by atoms with Gasteiger partial charge < -0.3 is 0 Å². The molecule has 1 fully saturated rings. The van der Waals surface area contributed by atoms with Gasteiger partial charge in [0.05, 0.1) is 12.8 Å². The maximum Gasteiger partial charge on any atom is 0.219 e. The van der Waals surface area contributed by atoms with Gasteiger partial charge in [0.15, 0.2) is 0 Å². The predicted molar refractivity (Wildman–Crippen MR) is 62.5 cm³/mol. The van der Waals surface area contributed by atoms with Crippen LogP contribution in [0.15, 0.2) is 0 Å². The van der Waals surface area contributed by atoms with E-state index in [0.717, 1.165) is 6.54 Å². The van der Waals surface area contributed by atoms with Gasteiger partial charge in [0, 0.05) is 12.2 Å². The Morgan fingerprint density at radius 1 is 1.21 bits per heavy atom. The van der Waals surface area contributed by atoms with Crippen molar-refractivity contribution in [2.45, 2.75) is 50.8 Å². The third-order valence-corrected chi connectivity index (χ3v) is 7.90. The lowest BCUT2D eigenvalue weighted by Gasteiger charge is -2.22. The van der Waals surface area contributed by atoms with Crippen molar-refractivity contribution in [3.8, 4) is 0 Å². The molecule has 0 aliphatic carbocycles. The summed E-state index contributed by atoms with van der Waals surface area (Å²) in [4.78, 5) is 0. The van der Waals surface area contributed by atoms with Gasteiger partial charge in [-0.05, 0) is 20.8 Å². The number of sulfonamides is 1. The highest BCUT2D eigenvalue weighted by molar-refractivity contribution is 7.90. The van der Waals surface area contributed by atoms with Crippen LogP contribution in [0.3, 0.4) is 0 Å². The average Bonchev–Trinajstić information content (AvgIpc) is 2.57. The van der Waals surface area contributed by atoms with Crippen LogP contribution in [-0.4, -0.2) is 37.8 Å². The lowest BCUT2D eigenvalue weighted by Crippen LogP contribution is -2.39. The Bertz CT molecular complexity index is 324. The largest absolute Gasteiger partial charge is 0.219 e. The molecule has 1 aliphatic rings. The van der Waals surface area contributed by atoms with Crippen LogP contribution in [-0.2, 0) is 10.0 Å². The van der Waals surface area contributed by atoms with Crippen molar-refractivity contribution in [1.82, 2.24) is 4.31 Å². The molecule has 1 unspecified atom stereocenters. The molecule has 0 aromatic rings. The van der Waals surface area contributed by atoms with Gasteiger partial charge in [-0.25, -0.2) is 8.42 Å². The van der Waals surface area contributed by atoms with E-state index >= 15 is 0 Å². The van der Waals surface area contributed by atoms with E-state index in [4.69, 9.17) is 0 Å². The van der Waals surface area contributed by atoms with Gasteiger partial charge in [-0.3, -0.25) is 0 Å². The van der Waals surface area contributed by atoms with E-state index in [-0.39, 0.29) is 0 Å². The zero-order valence-corrected chi connectivity index (χ0v) is 11.8. The molecule has 0 bridgehead atoms. The zero-order valence-electron chi connectivity index (χ0n) is 9.96. The molecule has 14 heavy (non-hydrogen) atoms. The molecule has 3 nitrogen and oxygen atoms in total. The maximum atomic E-state index is 12.0. The smallest absolute Gasteiger partial charge is 0.212 e. The van der Waals surface area contributed by atoms with Crippen molar-refractivity contribution in [2.24, 2.45) is 0 Å². The van der Waals surface area contributed by atoms with Crippen molar-refractivity contribution >= 4 is 18.1 Å². The van der Waals surface area contributed by atoms with Crippen molar-refractivity contribution in [1.29, 1.82) is 0 Å². The highest BCUT2D eigenvalue weighted by Gasteiger charge is 2.54. The number of hydrogen-bond donors (Lipinski definition) is 0. The predicted octanol–water partition coefficient (Wildman–Crippen LogP) is 1.68. The molecule has 0 radical (unpaired) electrons. The molecule has 5 heteroatoms. The minimum absolute atomic E-state index is 0.326. The number of nitrogens with zero attached hydrogens (tertiary/aromatic N) is 1. The lowest BCUT2D eigenvalue weighted by molar-refractivity contribution is 0.522. The molecule has 0 N–H and O–H groups in total. The Balaban J connectivity index is 2.84. The van der Waals surface area contributed by atoms with Crippen molar-refractivity contribution in [2.75, 3.05) is 6.54 Å². The fraction of sp³-hybridized carbons (Fsp3) is 1.00. The van der Waals surface area contributed by atoms with Gasteiger partial charge in [-0.1, -0.05) is 19.6 Å². The molecule has 1 heterocycles. The molecule has 84 valence electrons. The van der Waals surface area contributed by atoms with Crippen LogP contribution < -0.4 is 0 Å². The first kappa shape index (κ1) is 12.2. The molecule has 1 rings (SSSR count). The Morgan fingerprint density at radius 2 is 1.64 bits per heavy atom. The van der Waals surface area contributed by atoms with Gasteiger partial charge >= 0.3 is 0 Å². The summed E-state index contributed by atoms with van der Waals surface area (Å²) in [5.74, 6) is 0. The van der Waals surface area contributed by atoms with Crippen molar-refractivity contribution in [3.63, 3.8) is 0 Å². The first-order valence-electron chi connectivity index (χ1n) is 4.99. The molecular weight excluding hydrogens is 214 g/mol. The standard InChI is InChI=1S/C9H21NO2SSi/c1-9(2,3)13(11,12)10-7-8(10)14(4,5)6/h8H,7H2,1-6H3/t8-,10?/m0/s1. The van der Waals surface area contributed by atoms with Crippen LogP contribution >= 0.6 is 0 Å². The number of hydrogen-bond acceptors (Lipinski definition) is 2. The summed E-state index contributed by atoms with van der Waals surface area (Å²) >= 11 is 0. The van der Waals surface area contributed by atoms with Gasteiger partial charge in [0.1, 0.15) is 0 Å². The van der Waals surface area contributed by atoms with Gasteiger partial charge in [-0.15, -0.1) is 0 Å². The van der Waals surface area contributed by atoms with Crippen LogP contribution in [0.2, 0.25) is 19.6 Å². The quantitative estimate of drug-likeness (QED) is 0.539. The summed E-state index contributed by atoms with van der Waals surface area (Å²) in [6.45, 7) is 12.7. The lowest BCUT2D eigenvalue weighted by atomic mass is 10.3. The van der Waals surface area contributed by atoms with E-state index in [0.29, 0.717) is 5.67 Å². The molecule has 0 aromatic carbocycles. The summed E-state index contributed by atoms with van der Waals surface area (Å²) < 4.78 is 25.1. The second-order valence-corrected chi connectivity index (χ2v) is 14.1. The van der Waals surface area contributed by atoms with Gasteiger partial charge in [-0.2, -0.15) is 4.31 Å². The Morgan fingerprint density at radius 3 is 1.86 bits per heavy atom. The SMILES string of the molecule is CC(C)(C)S(=O)(=O)N1C[C@@H]1[Si](C)(C)C. The fourth-order valence-corrected chi connectivity index (χ4v) is 5.93. The molecule has 0 saturated carbocycles. The summed E-state index contributed by atoms with van der Waals surface area (Å²) in [7, 11) is -4.40. The van der Waals surface area contributed by atoms with E-state index in [9.17, 15) is 8.42 Å². The Kier molecular flexibility index (Phi) is 2.66. The van der Waals surface area contributed by atoms with Gasteiger partial charge in [0.25, 0.3) is 0 Å². The first-order valence-corrected chi connectivity index (χ1v) is 10.0. The Hall–Kier alpha value is 0.127. The average molecular weight is 235 g/mol. The zero-order chi connectivity index (χ0) is 11.4. The molecular formula is C9H21NO2SSi. The third-order valence-electron chi connectivity index (χ3n) is 2.65. The second kappa shape index (κ2) is 3.06. The highest BCUT2D eigenvalue weighted by Crippen LogP contribution is 2.35. The van der Waals surface area contributed by atoms with E-state index in [1.165, 1.54) is 0 Å². The van der Waals surface area contributed by atoms with Crippen molar-refractivity contribution in [3.05, 3.63) is 0 Å². The van der Waals surface area contributed by atoms with Crippen LogP contribution in [0.5, 0.6) is 0 Å². The summed E-state index contributed by atoms with van der Waals surface area (Å²) in [5, 5.41) is 0. The van der Waals surface area contributed by atoms with E-state index in [1.807, 2.05) is 0 Å². The molecule has 0 aromatic heterocycles. The monoisotopic (exact) mass is 235 g/mol. The van der Waals surface area contributed by atoms with Crippen LogP contribution in [0.1, 0.15) is 20.8 Å². The first-order chi connectivity index (χ1) is 5.98. The maximum absolute atomic E-state index is 12.0. The van der Waals surface area contributed by atoms with E-state index in [2.05, 4.69) is 19.6 Å². The van der Waals surface area contributed by atoms with E-state index in [1.54, 1.807) is 25.1 Å². The van der Waals surface area contributed by atoms with Gasteiger partial charge in [0.2, 0.25) is 10.0 Å². The van der Waals surface area contributed by atoms with Crippen LogP contribution in [0.4, 0.5) is 0 Å². The number of rotatable bonds is 2. The summed E-state index contributed by atoms with van der Waals surface area (Å²) in [5.41, 5.74) is 0.326. The molecule has 0 amide bonds. The van der Waals surface area contributed by atoms with Crippen LogP contribution in [0, 0.1) is 0 Å². The molecule has 1 saturated heterocycles. The molecule has 1 aliphatic heterocycles. The minimum Gasteiger partial charge on any atom is -0.212 e. The highest BCUT2D eigenvalue weighted by atomic mass is 32.2. The van der Waals surface area contributed by atoms with Crippen LogP contribution in [0.25, 0.3) is 0 Å². The molecule has 0 spiro atoms. The third kappa shape index (κ3) is 2.04. The summed E-state index contributed by atoms with van der Waals surface area (Å²) in [6, 6.07) is 0. The van der Waals surface area contributed by atoms with E-state index < -0.39 is 22.8 Å². The minimum atomic E-state index is -3.07.